The summed E-state index contributed by atoms with van der Waals surface area (Å²) in [6, 6.07) is 16.4. The lowest BCUT2D eigenvalue weighted by Gasteiger charge is -2.36. The van der Waals surface area contributed by atoms with Crippen molar-refractivity contribution in [3.8, 4) is 11.1 Å². The van der Waals surface area contributed by atoms with Crippen LogP contribution in [-0.2, 0) is 7.05 Å². The van der Waals surface area contributed by atoms with Crippen LogP contribution in [-0.4, -0.2) is 46.7 Å². The molecule has 0 aliphatic carbocycles. The van der Waals surface area contributed by atoms with Gasteiger partial charge in [0.2, 0.25) is 0 Å². The van der Waals surface area contributed by atoms with Gasteiger partial charge in [-0.2, -0.15) is 4.98 Å². The molecule has 144 valence electrons. The maximum absolute atomic E-state index is 6.06. The van der Waals surface area contributed by atoms with Crippen molar-refractivity contribution in [3.63, 3.8) is 0 Å². The molecular weight excluding hydrogens is 348 g/mol. The summed E-state index contributed by atoms with van der Waals surface area (Å²) in [7, 11) is 2.08. The summed E-state index contributed by atoms with van der Waals surface area (Å²) in [5.41, 5.74) is 5.39. The van der Waals surface area contributed by atoms with E-state index in [2.05, 4.69) is 77.9 Å². The average molecular weight is 374 g/mol. The largest absolute Gasteiger partial charge is 0.423 e. The lowest BCUT2D eigenvalue weighted by atomic mass is 10.0. The Hall–Kier alpha value is -2.79. The molecule has 0 unspecified atom stereocenters. The molecule has 1 aliphatic heterocycles. The number of nitrogens with zero attached hydrogens (tertiary/aromatic N) is 4. The lowest BCUT2D eigenvalue weighted by molar-refractivity contribution is 0.206. The number of rotatable bonds is 3. The van der Waals surface area contributed by atoms with Crippen LogP contribution in [0.25, 0.3) is 33.1 Å². The number of fused-ring (bicyclic) bond motifs is 2. The van der Waals surface area contributed by atoms with E-state index in [0.717, 1.165) is 43.3 Å². The molecule has 5 nitrogen and oxygen atoms in total. The van der Waals surface area contributed by atoms with Crippen LogP contribution in [0.5, 0.6) is 0 Å². The predicted octanol–water partition coefficient (Wildman–Crippen LogP) is 4.52. The molecule has 4 aromatic rings. The summed E-state index contributed by atoms with van der Waals surface area (Å²) in [5, 5.41) is 1.25. The summed E-state index contributed by atoms with van der Waals surface area (Å²) in [4.78, 5) is 9.55. The second-order valence-electron chi connectivity index (χ2n) is 8.00. The molecule has 0 amide bonds. The Morgan fingerprint density at radius 3 is 2.46 bits per heavy atom. The van der Waals surface area contributed by atoms with Gasteiger partial charge < -0.3 is 13.9 Å². The molecule has 0 radical (unpaired) electrons. The highest BCUT2D eigenvalue weighted by Crippen LogP contribution is 2.30. The first-order chi connectivity index (χ1) is 13.6. The molecular formula is C23H26N4O. The van der Waals surface area contributed by atoms with Crippen LogP contribution < -0.4 is 4.90 Å². The molecule has 0 saturated carbocycles. The fraction of sp³-hybridized carbons (Fsp3) is 0.348. The van der Waals surface area contributed by atoms with Gasteiger partial charge >= 0.3 is 0 Å². The number of aromatic nitrogens is 2. The van der Waals surface area contributed by atoms with E-state index in [1.807, 2.05) is 6.07 Å². The molecule has 5 rings (SSSR count). The minimum Gasteiger partial charge on any atom is -0.423 e. The van der Waals surface area contributed by atoms with Gasteiger partial charge in [-0.25, -0.2) is 0 Å². The molecule has 0 atom stereocenters. The van der Waals surface area contributed by atoms with E-state index < -0.39 is 0 Å². The minimum absolute atomic E-state index is 0.593. The van der Waals surface area contributed by atoms with Gasteiger partial charge in [0.05, 0.1) is 0 Å². The highest BCUT2D eigenvalue weighted by molar-refractivity contribution is 5.88. The first-order valence-electron chi connectivity index (χ1n) is 10.0. The van der Waals surface area contributed by atoms with Crippen molar-refractivity contribution in [2.75, 3.05) is 31.1 Å². The summed E-state index contributed by atoms with van der Waals surface area (Å²) < 4.78 is 8.20. The van der Waals surface area contributed by atoms with Gasteiger partial charge in [-0.1, -0.05) is 12.1 Å². The van der Waals surface area contributed by atoms with E-state index in [1.165, 1.54) is 22.0 Å². The number of anilines is 1. The summed E-state index contributed by atoms with van der Waals surface area (Å²) in [6.45, 7) is 8.54. The van der Waals surface area contributed by atoms with E-state index in [1.54, 1.807) is 0 Å². The van der Waals surface area contributed by atoms with Gasteiger partial charge in [0, 0.05) is 56.4 Å². The standard InChI is InChI=1S/C23H26N4O/c1-16(2)26-10-12-27(13-11-26)23-24-20-15-18(5-7-22(20)28-23)17-4-6-21-19(14-17)8-9-25(21)3/h4-9,14-16H,10-13H2,1-3H3. The maximum atomic E-state index is 6.06. The van der Waals surface area contributed by atoms with E-state index in [9.17, 15) is 0 Å². The SMILES string of the molecule is CC(C)N1CCN(c2nc3cc(-c4ccc5c(ccn5C)c4)ccc3o2)CC1. The van der Waals surface area contributed by atoms with E-state index in [4.69, 9.17) is 9.40 Å². The van der Waals surface area contributed by atoms with Crippen LogP contribution in [0, 0.1) is 0 Å². The van der Waals surface area contributed by atoms with E-state index in [0.29, 0.717) is 6.04 Å². The van der Waals surface area contributed by atoms with E-state index >= 15 is 0 Å². The van der Waals surface area contributed by atoms with Gasteiger partial charge in [0.1, 0.15) is 5.52 Å². The third-order valence-corrected chi connectivity index (χ3v) is 5.91. The maximum Gasteiger partial charge on any atom is 0.298 e. The second-order valence-corrected chi connectivity index (χ2v) is 8.00. The van der Waals surface area contributed by atoms with Gasteiger partial charge in [-0.15, -0.1) is 0 Å². The Morgan fingerprint density at radius 1 is 0.929 bits per heavy atom. The van der Waals surface area contributed by atoms with E-state index in [-0.39, 0.29) is 0 Å². The summed E-state index contributed by atoms with van der Waals surface area (Å²) in [5.74, 6) is 0. The quantitative estimate of drug-likeness (QED) is 0.528. The monoisotopic (exact) mass is 374 g/mol. The third-order valence-electron chi connectivity index (χ3n) is 5.91. The van der Waals surface area contributed by atoms with Crippen LogP contribution >= 0.6 is 0 Å². The number of oxazole rings is 1. The van der Waals surface area contributed by atoms with Crippen molar-refractivity contribution < 1.29 is 4.42 Å². The number of aryl methyl sites for hydroxylation is 1. The Balaban J connectivity index is 1.43. The average Bonchev–Trinajstić information content (AvgIpc) is 3.31. The first kappa shape index (κ1) is 17.3. The van der Waals surface area contributed by atoms with Crippen LogP contribution in [0.4, 0.5) is 6.01 Å². The fourth-order valence-electron chi connectivity index (χ4n) is 4.12. The Morgan fingerprint density at radius 2 is 1.68 bits per heavy atom. The normalized spacial score (nSPS) is 15.9. The van der Waals surface area contributed by atoms with Crippen molar-refractivity contribution in [3.05, 3.63) is 48.7 Å². The zero-order valence-electron chi connectivity index (χ0n) is 16.7. The van der Waals surface area contributed by atoms with Crippen LogP contribution in [0.15, 0.2) is 53.1 Å². The second kappa shape index (κ2) is 6.67. The van der Waals surface area contributed by atoms with Crippen molar-refractivity contribution >= 4 is 28.0 Å². The van der Waals surface area contributed by atoms with Gasteiger partial charge in [0.25, 0.3) is 6.01 Å². The fourth-order valence-corrected chi connectivity index (χ4v) is 4.12. The first-order valence-corrected chi connectivity index (χ1v) is 10.0. The molecule has 0 spiro atoms. The summed E-state index contributed by atoms with van der Waals surface area (Å²) in [6.07, 6.45) is 2.10. The Kier molecular flexibility index (Phi) is 4.13. The highest BCUT2D eigenvalue weighted by Gasteiger charge is 2.22. The van der Waals surface area contributed by atoms with Gasteiger partial charge in [-0.3, -0.25) is 4.90 Å². The molecule has 2 aromatic heterocycles. The third kappa shape index (κ3) is 2.96. The lowest BCUT2D eigenvalue weighted by Crippen LogP contribution is -2.49. The molecule has 1 aliphatic rings. The number of hydrogen-bond donors (Lipinski definition) is 0. The highest BCUT2D eigenvalue weighted by atomic mass is 16.4. The molecule has 2 aromatic carbocycles. The van der Waals surface area contributed by atoms with Crippen LogP contribution in [0.3, 0.4) is 0 Å². The Bertz CT molecular complexity index is 1130. The predicted molar refractivity (Wildman–Crippen MR) is 115 cm³/mol. The van der Waals surface area contributed by atoms with Crippen molar-refractivity contribution in [1.82, 2.24) is 14.5 Å². The number of hydrogen-bond acceptors (Lipinski definition) is 4. The zero-order chi connectivity index (χ0) is 19.3. The molecule has 3 heterocycles. The molecule has 5 heteroatoms. The summed E-state index contributed by atoms with van der Waals surface area (Å²) >= 11 is 0. The molecule has 1 fully saturated rings. The van der Waals surface area contributed by atoms with Gasteiger partial charge in [-0.05, 0) is 55.3 Å². The molecule has 28 heavy (non-hydrogen) atoms. The smallest absolute Gasteiger partial charge is 0.298 e. The van der Waals surface area contributed by atoms with Crippen molar-refractivity contribution in [1.29, 1.82) is 0 Å². The molecule has 0 bridgehead atoms. The minimum atomic E-state index is 0.593. The molecule has 0 N–H and O–H groups in total. The van der Waals surface area contributed by atoms with Crippen molar-refractivity contribution in [2.45, 2.75) is 19.9 Å². The van der Waals surface area contributed by atoms with Crippen molar-refractivity contribution in [2.24, 2.45) is 7.05 Å². The zero-order valence-corrected chi connectivity index (χ0v) is 16.7. The number of piperazine rings is 1. The Labute approximate surface area is 165 Å². The number of benzene rings is 2. The topological polar surface area (TPSA) is 37.4 Å². The molecule has 1 saturated heterocycles. The van der Waals surface area contributed by atoms with Gasteiger partial charge in [0.15, 0.2) is 5.58 Å². The van der Waals surface area contributed by atoms with Crippen LogP contribution in [0.2, 0.25) is 0 Å². The van der Waals surface area contributed by atoms with Crippen LogP contribution in [0.1, 0.15) is 13.8 Å².